The van der Waals surface area contributed by atoms with E-state index in [-0.39, 0.29) is 5.57 Å². The summed E-state index contributed by atoms with van der Waals surface area (Å²) in [5, 5.41) is 15.0. The first-order valence-corrected chi connectivity index (χ1v) is 12.4. The van der Waals surface area contributed by atoms with Crippen molar-refractivity contribution < 1.29 is 14.3 Å². The van der Waals surface area contributed by atoms with Crippen LogP contribution in [0.25, 0.3) is 16.8 Å². The molecule has 0 atom stereocenters. The highest BCUT2D eigenvalue weighted by molar-refractivity contribution is 9.10. The molecule has 0 saturated heterocycles. The predicted octanol–water partition coefficient (Wildman–Crippen LogP) is 7.78. The number of carbonyl (C=O) groups is 1. The fourth-order valence-corrected chi connectivity index (χ4v) is 4.38. The van der Waals surface area contributed by atoms with Crippen LogP contribution in [0.4, 0.5) is 5.69 Å². The number of rotatable bonds is 8. The summed E-state index contributed by atoms with van der Waals surface area (Å²) in [5.74, 6) is 0.486. The molecular formula is C29H22BrClN2O3. The van der Waals surface area contributed by atoms with Gasteiger partial charge in [0.25, 0.3) is 5.91 Å². The number of carbonyl (C=O) groups excluding carboxylic acids is 1. The van der Waals surface area contributed by atoms with Crippen LogP contribution < -0.4 is 14.8 Å². The average Bonchev–Trinajstić information content (AvgIpc) is 2.88. The maximum absolute atomic E-state index is 12.7. The predicted molar refractivity (Wildman–Crippen MR) is 147 cm³/mol. The van der Waals surface area contributed by atoms with Gasteiger partial charge in [0.1, 0.15) is 18.2 Å². The highest BCUT2D eigenvalue weighted by atomic mass is 79.9. The van der Waals surface area contributed by atoms with Crippen LogP contribution in [0.15, 0.2) is 88.9 Å². The van der Waals surface area contributed by atoms with Gasteiger partial charge in [-0.05, 0) is 81.2 Å². The number of nitrogens with zero attached hydrogens (tertiary/aromatic N) is 1. The minimum Gasteiger partial charge on any atom is -0.490 e. The molecule has 0 saturated carbocycles. The molecule has 0 aliphatic heterocycles. The molecule has 0 bridgehead atoms. The summed E-state index contributed by atoms with van der Waals surface area (Å²) in [6.07, 6.45) is 1.49. The zero-order valence-electron chi connectivity index (χ0n) is 19.4. The topological polar surface area (TPSA) is 71.3 Å². The number of nitrogens with one attached hydrogen (secondary N) is 1. The van der Waals surface area contributed by atoms with Crippen molar-refractivity contribution >= 4 is 56.0 Å². The van der Waals surface area contributed by atoms with Crippen molar-refractivity contribution in [2.24, 2.45) is 0 Å². The van der Waals surface area contributed by atoms with Crippen LogP contribution in [-0.4, -0.2) is 12.5 Å². The molecule has 0 heterocycles. The molecule has 5 nitrogen and oxygen atoms in total. The minimum atomic E-state index is -0.559. The maximum Gasteiger partial charge on any atom is 0.266 e. The Morgan fingerprint density at radius 3 is 2.53 bits per heavy atom. The van der Waals surface area contributed by atoms with Crippen LogP contribution in [0.1, 0.15) is 18.1 Å². The van der Waals surface area contributed by atoms with Crippen LogP contribution >= 0.6 is 27.5 Å². The molecule has 1 N–H and O–H groups in total. The number of ether oxygens (including phenoxy) is 2. The number of nitriles is 1. The smallest absolute Gasteiger partial charge is 0.266 e. The SMILES string of the molecule is CCOc1cc(/C=C(\C#N)C(=O)Nc2ccccc2Cl)cc(Br)c1OCc1ccc2ccccc2c1. The van der Waals surface area contributed by atoms with Gasteiger partial charge in [-0.3, -0.25) is 4.79 Å². The maximum atomic E-state index is 12.7. The third-order valence-corrected chi connectivity index (χ3v) is 6.25. The Labute approximate surface area is 223 Å². The number of benzene rings is 4. The first kappa shape index (κ1) is 25.3. The highest BCUT2D eigenvalue weighted by Gasteiger charge is 2.15. The van der Waals surface area contributed by atoms with E-state index in [1.807, 2.05) is 31.2 Å². The second-order valence-electron chi connectivity index (χ2n) is 7.84. The average molecular weight is 562 g/mol. The first-order chi connectivity index (χ1) is 17.5. The number of para-hydroxylation sites is 1. The van der Waals surface area contributed by atoms with Crippen molar-refractivity contribution in [2.45, 2.75) is 13.5 Å². The summed E-state index contributed by atoms with van der Waals surface area (Å²) < 4.78 is 12.6. The zero-order chi connectivity index (χ0) is 25.5. The van der Waals surface area contributed by atoms with E-state index in [4.69, 9.17) is 21.1 Å². The summed E-state index contributed by atoms with van der Waals surface area (Å²) in [7, 11) is 0. The summed E-state index contributed by atoms with van der Waals surface area (Å²) in [6.45, 7) is 2.65. The molecule has 0 radical (unpaired) electrons. The molecule has 1 amide bonds. The molecule has 36 heavy (non-hydrogen) atoms. The third kappa shape index (κ3) is 6.06. The van der Waals surface area contributed by atoms with E-state index < -0.39 is 5.91 Å². The van der Waals surface area contributed by atoms with Crippen LogP contribution in [0.3, 0.4) is 0 Å². The van der Waals surface area contributed by atoms with E-state index in [0.717, 1.165) is 10.9 Å². The van der Waals surface area contributed by atoms with E-state index in [2.05, 4.69) is 45.5 Å². The Bertz CT molecular complexity index is 1490. The highest BCUT2D eigenvalue weighted by Crippen LogP contribution is 2.38. The lowest BCUT2D eigenvalue weighted by molar-refractivity contribution is -0.112. The number of fused-ring (bicyclic) bond motifs is 1. The van der Waals surface area contributed by atoms with Gasteiger partial charge < -0.3 is 14.8 Å². The number of amides is 1. The standard InChI is InChI=1S/C29H22BrClN2O3/c1-2-35-27-16-20(14-23(17-32)29(34)33-26-10-6-5-9-25(26)31)15-24(30)28(27)36-18-19-11-12-21-7-3-4-8-22(21)13-19/h3-16H,2,18H2,1H3,(H,33,34)/b23-14+. The van der Waals surface area contributed by atoms with Gasteiger partial charge in [-0.15, -0.1) is 0 Å². The molecule has 0 spiro atoms. The lowest BCUT2D eigenvalue weighted by Crippen LogP contribution is -2.13. The van der Waals surface area contributed by atoms with Gasteiger partial charge in [0.2, 0.25) is 0 Å². The molecule has 7 heteroatoms. The van der Waals surface area contributed by atoms with Gasteiger partial charge in [-0.25, -0.2) is 0 Å². The summed E-state index contributed by atoms with van der Waals surface area (Å²) >= 11 is 9.68. The van der Waals surface area contributed by atoms with Gasteiger partial charge in [0.05, 0.1) is 21.8 Å². The van der Waals surface area contributed by atoms with E-state index in [9.17, 15) is 10.1 Å². The fourth-order valence-electron chi connectivity index (χ4n) is 3.63. The number of hydrogen-bond donors (Lipinski definition) is 1. The van der Waals surface area contributed by atoms with Crippen LogP contribution in [0.2, 0.25) is 5.02 Å². The van der Waals surface area contributed by atoms with Gasteiger partial charge >= 0.3 is 0 Å². The molecule has 4 rings (SSSR count). The first-order valence-electron chi connectivity index (χ1n) is 11.2. The van der Waals surface area contributed by atoms with Gasteiger partial charge in [0, 0.05) is 0 Å². The molecule has 0 unspecified atom stereocenters. The van der Waals surface area contributed by atoms with E-state index in [0.29, 0.717) is 45.5 Å². The normalized spacial score (nSPS) is 11.1. The lowest BCUT2D eigenvalue weighted by atomic mass is 10.1. The molecule has 180 valence electrons. The van der Waals surface area contributed by atoms with Gasteiger partial charge in [-0.1, -0.05) is 60.1 Å². The van der Waals surface area contributed by atoms with Crippen LogP contribution in [0.5, 0.6) is 11.5 Å². The van der Waals surface area contributed by atoms with Crippen molar-refractivity contribution in [3.63, 3.8) is 0 Å². The van der Waals surface area contributed by atoms with E-state index in [1.54, 1.807) is 36.4 Å². The Hall–Kier alpha value is -3.79. The molecular weight excluding hydrogens is 540 g/mol. The molecule has 0 aromatic heterocycles. The molecule has 0 fully saturated rings. The monoisotopic (exact) mass is 560 g/mol. The van der Waals surface area contributed by atoms with Crippen molar-refractivity contribution in [3.05, 3.63) is 105 Å². The number of hydrogen-bond acceptors (Lipinski definition) is 4. The zero-order valence-corrected chi connectivity index (χ0v) is 21.8. The Morgan fingerprint density at radius 2 is 1.78 bits per heavy atom. The van der Waals surface area contributed by atoms with Gasteiger partial charge in [-0.2, -0.15) is 5.26 Å². The van der Waals surface area contributed by atoms with Crippen molar-refractivity contribution in [1.29, 1.82) is 5.26 Å². The molecule has 0 aliphatic rings. The Balaban J connectivity index is 1.57. The van der Waals surface area contributed by atoms with E-state index in [1.165, 1.54) is 11.5 Å². The van der Waals surface area contributed by atoms with Gasteiger partial charge in [0.15, 0.2) is 11.5 Å². The molecule has 0 aliphatic carbocycles. The fraction of sp³-hybridized carbons (Fsp3) is 0.103. The van der Waals surface area contributed by atoms with Crippen LogP contribution in [0, 0.1) is 11.3 Å². The number of halogens is 2. The number of anilines is 1. The lowest BCUT2D eigenvalue weighted by Gasteiger charge is -2.15. The second-order valence-corrected chi connectivity index (χ2v) is 9.10. The van der Waals surface area contributed by atoms with E-state index >= 15 is 0 Å². The minimum absolute atomic E-state index is 0.0749. The molecule has 4 aromatic rings. The van der Waals surface area contributed by atoms with Crippen molar-refractivity contribution in [1.82, 2.24) is 0 Å². The quantitative estimate of drug-likeness (QED) is 0.176. The van der Waals surface area contributed by atoms with Crippen LogP contribution in [-0.2, 0) is 11.4 Å². The van der Waals surface area contributed by atoms with Crippen molar-refractivity contribution in [3.8, 4) is 17.6 Å². The Morgan fingerprint density at radius 1 is 1.03 bits per heavy atom. The summed E-state index contributed by atoms with van der Waals surface area (Å²) in [4.78, 5) is 12.7. The summed E-state index contributed by atoms with van der Waals surface area (Å²) in [5.41, 5.74) is 1.98. The Kier molecular flexibility index (Phi) is 8.27. The second kappa shape index (κ2) is 11.8. The third-order valence-electron chi connectivity index (χ3n) is 5.33. The summed E-state index contributed by atoms with van der Waals surface area (Å²) in [6, 6.07) is 26.7. The van der Waals surface area contributed by atoms with Crippen molar-refractivity contribution in [2.75, 3.05) is 11.9 Å². The largest absolute Gasteiger partial charge is 0.490 e. The molecule has 4 aromatic carbocycles.